The molecule has 0 nitrogen and oxygen atoms in total. The number of rotatable bonds is 1. The molecule has 0 heterocycles. The van der Waals surface area contributed by atoms with Crippen molar-refractivity contribution in [3.05, 3.63) is 41.3 Å². The van der Waals surface area contributed by atoms with Crippen molar-refractivity contribution in [2.24, 2.45) is 17.8 Å². The lowest BCUT2D eigenvalue weighted by molar-refractivity contribution is 0.110. The molecule has 1 aromatic rings. The first-order chi connectivity index (χ1) is 9.93. The summed E-state index contributed by atoms with van der Waals surface area (Å²) in [5.74, 6) is 4.86. The van der Waals surface area contributed by atoms with E-state index in [1.54, 1.807) is 11.1 Å². The standard InChI is InChI=1S/C20H27/c1-3-11-17-15(7-1)9-5-13-19(17)20-14-6-10-16-8-2-4-12-18(16)20/h1,3,7,11,16,18,20H,2,4-6,8-10,12-14H2. The highest BCUT2D eigenvalue weighted by molar-refractivity contribution is 5.42. The maximum absolute atomic E-state index is 2.41. The van der Waals surface area contributed by atoms with E-state index in [1.807, 2.05) is 5.92 Å². The lowest BCUT2D eigenvalue weighted by atomic mass is 9.59. The molecule has 2 fully saturated rings. The van der Waals surface area contributed by atoms with E-state index in [1.165, 1.54) is 64.2 Å². The fraction of sp³-hybridized carbons (Fsp3) is 0.650. The van der Waals surface area contributed by atoms with E-state index in [4.69, 9.17) is 0 Å². The molecule has 4 rings (SSSR count). The zero-order valence-electron chi connectivity index (χ0n) is 12.6. The third kappa shape index (κ3) is 2.22. The normalized spacial score (nSPS) is 34.3. The van der Waals surface area contributed by atoms with Gasteiger partial charge in [-0.2, -0.15) is 0 Å². The molecule has 3 aliphatic rings. The minimum absolute atomic E-state index is 0.926. The summed E-state index contributed by atoms with van der Waals surface area (Å²) in [7, 11) is 0. The molecule has 0 aromatic heterocycles. The van der Waals surface area contributed by atoms with Crippen molar-refractivity contribution in [1.82, 2.24) is 0 Å². The van der Waals surface area contributed by atoms with Crippen LogP contribution < -0.4 is 0 Å². The Labute approximate surface area is 124 Å². The number of fused-ring (bicyclic) bond motifs is 2. The van der Waals surface area contributed by atoms with Gasteiger partial charge in [-0.1, -0.05) is 56.4 Å². The summed E-state index contributed by atoms with van der Waals surface area (Å²) < 4.78 is 0. The van der Waals surface area contributed by atoms with E-state index in [0.717, 1.165) is 17.8 Å². The van der Waals surface area contributed by atoms with Crippen LogP contribution in [0.2, 0.25) is 0 Å². The van der Waals surface area contributed by atoms with Crippen LogP contribution in [0.15, 0.2) is 24.3 Å². The van der Waals surface area contributed by atoms with E-state index in [9.17, 15) is 0 Å². The molecule has 3 atom stereocenters. The Kier molecular flexibility index (Phi) is 3.58. The molecule has 20 heavy (non-hydrogen) atoms. The molecule has 3 unspecified atom stereocenters. The molecule has 0 bridgehead atoms. The Hall–Kier alpha value is -0.780. The maximum Gasteiger partial charge on any atom is 0.00864 e. The minimum atomic E-state index is 0.926. The molecule has 0 heteroatoms. The predicted molar refractivity (Wildman–Crippen MR) is 84.5 cm³/mol. The Morgan fingerprint density at radius 2 is 1.60 bits per heavy atom. The van der Waals surface area contributed by atoms with E-state index in [0.29, 0.717) is 0 Å². The lowest BCUT2D eigenvalue weighted by Crippen LogP contribution is -2.35. The smallest absolute Gasteiger partial charge is 0.00864 e. The Morgan fingerprint density at radius 3 is 2.60 bits per heavy atom. The van der Waals surface area contributed by atoms with Gasteiger partial charge in [-0.3, -0.25) is 0 Å². The van der Waals surface area contributed by atoms with Crippen LogP contribution in [-0.2, 0) is 6.42 Å². The van der Waals surface area contributed by atoms with Crippen molar-refractivity contribution in [2.45, 2.75) is 64.2 Å². The molecule has 3 aliphatic carbocycles. The molecule has 1 aromatic carbocycles. The highest BCUT2D eigenvalue weighted by atomic mass is 14.4. The fourth-order valence-electron chi connectivity index (χ4n) is 5.41. The highest BCUT2D eigenvalue weighted by Crippen LogP contribution is 2.51. The SMILES string of the molecule is c1ccc2c(c1)CCC[C]2C1CCCC2CCCCC21. The third-order valence-corrected chi connectivity index (χ3v) is 6.28. The highest BCUT2D eigenvalue weighted by Gasteiger charge is 2.40. The third-order valence-electron chi connectivity index (χ3n) is 6.28. The first-order valence-electron chi connectivity index (χ1n) is 8.87. The summed E-state index contributed by atoms with van der Waals surface area (Å²) in [6.45, 7) is 0. The maximum atomic E-state index is 2.41. The van der Waals surface area contributed by atoms with Gasteiger partial charge >= 0.3 is 0 Å². The van der Waals surface area contributed by atoms with Crippen molar-refractivity contribution < 1.29 is 0 Å². The van der Waals surface area contributed by atoms with E-state index in [2.05, 4.69) is 24.3 Å². The number of hydrogen-bond acceptors (Lipinski definition) is 0. The summed E-state index contributed by atoms with van der Waals surface area (Å²) in [5, 5.41) is 0. The summed E-state index contributed by atoms with van der Waals surface area (Å²) >= 11 is 0. The van der Waals surface area contributed by atoms with Gasteiger partial charge in [0.25, 0.3) is 0 Å². The van der Waals surface area contributed by atoms with Gasteiger partial charge in [0.1, 0.15) is 0 Å². The monoisotopic (exact) mass is 267 g/mol. The summed E-state index contributed by atoms with van der Waals surface area (Å²) in [4.78, 5) is 0. The van der Waals surface area contributed by atoms with Gasteiger partial charge in [-0.15, -0.1) is 0 Å². The predicted octanol–water partition coefficient (Wildman–Crippen LogP) is 5.55. The fourth-order valence-corrected chi connectivity index (χ4v) is 5.41. The molecule has 107 valence electrons. The molecule has 0 amide bonds. The van der Waals surface area contributed by atoms with Crippen molar-refractivity contribution in [3.63, 3.8) is 0 Å². The average Bonchev–Trinajstić information content (AvgIpc) is 2.54. The van der Waals surface area contributed by atoms with Crippen molar-refractivity contribution in [3.8, 4) is 0 Å². The number of aryl methyl sites for hydroxylation is 1. The van der Waals surface area contributed by atoms with E-state index in [-0.39, 0.29) is 0 Å². The van der Waals surface area contributed by atoms with Gasteiger partial charge in [-0.25, -0.2) is 0 Å². The molecule has 0 aliphatic heterocycles. The number of benzene rings is 1. The van der Waals surface area contributed by atoms with Crippen molar-refractivity contribution >= 4 is 0 Å². The average molecular weight is 267 g/mol. The zero-order valence-corrected chi connectivity index (χ0v) is 12.6. The van der Waals surface area contributed by atoms with Gasteiger partial charge in [0.15, 0.2) is 0 Å². The molecule has 2 saturated carbocycles. The Bertz CT molecular complexity index is 459. The zero-order chi connectivity index (χ0) is 13.4. The van der Waals surface area contributed by atoms with Crippen molar-refractivity contribution in [1.29, 1.82) is 0 Å². The van der Waals surface area contributed by atoms with Crippen molar-refractivity contribution in [2.75, 3.05) is 0 Å². The minimum Gasteiger partial charge on any atom is -0.0620 e. The van der Waals surface area contributed by atoms with Crippen LogP contribution in [0, 0.1) is 23.7 Å². The second kappa shape index (κ2) is 5.54. The molecule has 1 radical (unpaired) electrons. The van der Waals surface area contributed by atoms with Crippen LogP contribution in [0.3, 0.4) is 0 Å². The van der Waals surface area contributed by atoms with Crippen LogP contribution >= 0.6 is 0 Å². The van der Waals surface area contributed by atoms with Crippen LogP contribution in [0.4, 0.5) is 0 Å². The molecule has 0 N–H and O–H groups in total. The van der Waals surface area contributed by atoms with E-state index < -0.39 is 0 Å². The van der Waals surface area contributed by atoms with E-state index >= 15 is 0 Å². The van der Waals surface area contributed by atoms with Gasteiger partial charge in [0.2, 0.25) is 0 Å². The van der Waals surface area contributed by atoms with Crippen LogP contribution in [0.1, 0.15) is 68.9 Å². The van der Waals surface area contributed by atoms with Gasteiger partial charge in [0.05, 0.1) is 0 Å². The van der Waals surface area contributed by atoms with Crippen LogP contribution in [0.25, 0.3) is 0 Å². The van der Waals surface area contributed by atoms with Crippen LogP contribution in [0.5, 0.6) is 0 Å². The summed E-state index contributed by atoms with van der Waals surface area (Å²) in [6.07, 6.45) is 14.6. The topological polar surface area (TPSA) is 0 Å². The second-order valence-electron chi connectivity index (χ2n) is 7.28. The largest absolute Gasteiger partial charge is 0.0620 e. The quantitative estimate of drug-likeness (QED) is 0.625. The first kappa shape index (κ1) is 12.9. The molecular weight excluding hydrogens is 240 g/mol. The Morgan fingerprint density at radius 1 is 0.750 bits per heavy atom. The van der Waals surface area contributed by atoms with Crippen LogP contribution in [-0.4, -0.2) is 0 Å². The van der Waals surface area contributed by atoms with Gasteiger partial charge in [-0.05, 0) is 61.0 Å². The molecule has 0 spiro atoms. The van der Waals surface area contributed by atoms with Gasteiger partial charge < -0.3 is 0 Å². The molecule has 0 saturated heterocycles. The molecular formula is C20H27. The Balaban J connectivity index is 1.63. The first-order valence-corrected chi connectivity index (χ1v) is 8.87. The summed E-state index contributed by atoms with van der Waals surface area (Å²) in [6, 6.07) is 9.27. The second-order valence-corrected chi connectivity index (χ2v) is 7.28. The lowest BCUT2D eigenvalue weighted by Gasteiger charge is -2.46. The number of hydrogen-bond donors (Lipinski definition) is 0. The van der Waals surface area contributed by atoms with Gasteiger partial charge in [0, 0.05) is 5.92 Å². The summed E-state index contributed by atoms with van der Waals surface area (Å²) in [5.41, 5.74) is 3.28.